The maximum absolute atomic E-state index is 13.1. The third-order valence-corrected chi connectivity index (χ3v) is 9.06. The van der Waals surface area contributed by atoms with Crippen LogP contribution in [-0.4, -0.2) is 48.4 Å². The molecule has 0 saturated heterocycles. The first-order valence-corrected chi connectivity index (χ1v) is 14.6. The van der Waals surface area contributed by atoms with E-state index in [0.717, 1.165) is 17.6 Å². The van der Waals surface area contributed by atoms with Gasteiger partial charge in [0.15, 0.2) is 9.84 Å². The lowest BCUT2D eigenvalue weighted by Crippen LogP contribution is -2.34. The summed E-state index contributed by atoms with van der Waals surface area (Å²) in [4.78, 5) is 37.5. The summed E-state index contributed by atoms with van der Waals surface area (Å²) in [5.41, 5.74) is 1.08. The number of carbonyl (C=O) groups is 3. The number of anilines is 2. The third kappa shape index (κ3) is 6.49. The largest absolute Gasteiger partial charge is 0.333 e. The Balaban J connectivity index is 1.76. The van der Waals surface area contributed by atoms with E-state index in [1.807, 2.05) is 4.72 Å². The van der Waals surface area contributed by atoms with Crippen LogP contribution in [0.4, 0.5) is 16.2 Å². The molecular formula is C22H20ClN3O7S3. The highest BCUT2D eigenvalue weighted by atomic mass is 35.5. The van der Waals surface area contributed by atoms with Gasteiger partial charge in [-0.05, 0) is 54.1 Å². The molecule has 0 radical (unpaired) electrons. The summed E-state index contributed by atoms with van der Waals surface area (Å²) in [5.74, 6) is -0.545. The molecule has 36 heavy (non-hydrogen) atoms. The van der Waals surface area contributed by atoms with Crippen molar-refractivity contribution in [3.63, 3.8) is 0 Å². The molecule has 3 rings (SSSR count). The van der Waals surface area contributed by atoms with Crippen LogP contribution in [0.5, 0.6) is 0 Å². The van der Waals surface area contributed by atoms with E-state index >= 15 is 0 Å². The molecule has 0 unspecified atom stereocenters. The van der Waals surface area contributed by atoms with E-state index in [1.165, 1.54) is 66.5 Å². The van der Waals surface area contributed by atoms with Crippen LogP contribution in [-0.2, 0) is 31.1 Å². The van der Waals surface area contributed by atoms with Crippen LogP contribution >= 0.6 is 22.9 Å². The van der Waals surface area contributed by atoms with Crippen LogP contribution in [0.1, 0.15) is 15.9 Å². The Labute approximate surface area is 216 Å². The summed E-state index contributed by atoms with van der Waals surface area (Å²) < 4.78 is 50.4. The molecule has 0 atom stereocenters. The number of hydrogen-bond donors (Lipinski definition) is 2. The standard InChI is InChI=1S/C22H20ClN3O7S3/c1-26(21(28)18-13-17(35(2,30)31)8-3-14(18)11-12-27)16-6-4-15(5-7-16)24-22(29)25-36(32,33)20-10-9-19(23)34-20/h3-10,12-13H,11H2,1-2H3,(H2,24,25,29). The number of hydrogen-bond acceptors (Lipinski definition) is 8. The van der Waals surface area contributed by atoms with Crippen LogP contribution in [0.25, 0.3) is 0 Å². The monoisotopic (exact) mass is 569 g/mol. The van der Waals surface area contributed by atoms with Gasteiger partial charge in [0.2, 0.25) is 0 Å². The molecule has 10 nitrogen and oxygen atoms in total. The van der Waals surface area contributed by atoms with Crippen LogP contribution in [0.3, 0.4) is 0 Å². The number of nitrogens with zero attached hydrogens (tertiary/aromatic N) is 1. The van der Waals surface area contributed by atoms with Crippen LogP contribution < -0.4 is 14.9 Å². The van der Waals surface area contributed by atoms with Gasteiger partial charge in [0, 0.05) is 36.7 Å². The van der Waals surface area contributed by atoms with Crippen molar-refractivity contribution in [2.75, 3.05) is 23.5 Å². The zero-order valence-electron chi connectivity index (χ0n) is 18.9. The van der Waals surface area contributed by atoms with Crippen molar-refractivity contribution >= 4 is 72.4 Å². The molecular weight excluding hydrogens is 550 g/mol. The number of sulfone groups is 1. The molecule has 0 bridgehead atoms. The van der Waals surface area contributed by atoms with Crippen molar-refractivity contribution < 1.29 is 31.2 Å². The minimum Gasteiger partial charge on any atom is -0.311 e. The Bertz CT molecular complexity index is 1530. The number of sulfonamides is 1. The van der Waals surface area contributed by atoms with Crippen molar-refractivity contribution in [3.05, 3.63) is 70.1 Å². The van der Waals surface area contributed by atoms with Gasteiger partial charge >= 0.3 is 6.03 Å². The molecule has 190 valence electrons. The number of amides is 3. The molecule has 1 heterocycles. The fraction of sp³-hybridized carbons (Fsp3) is 0.136. The maximum atomic E-state index is 13.1. The number of urea groups is 1. The van der Waals surface area contributed by atoms with Gasteiger partial charge in [-0.2, -0.15) is 0 Å². The van der Waals surface area contributed by atoms with Crippen LogP contribution in [0.15, 0.2) is 63.7 Å². The minimum atomic E-state index is -4.09. The lowest BCUT2D eigenvalue weighted by Gasteiger charge is -2.20. The van der Waals surface area contributed by atoms with Gasteiger partial charge in [0.05, 0.1) is 9.23 Å². The summed E-state index contributed by atoms with van der Waals surface area (Å²) in [6.07, 6.45) is 1.56. The van der Waals surface area contributed by atoms with Crippen molar-refractivity contribution in [2.24, 2.45) is 0 Å². The Morgan fingerprint density at radius 1 is 1.03 bits per heavy atom. The van der Waals surface area contributed by atoms with Crippen molar-refractivity contribution in [1.29, 1.82) is 0 Å². The predicted molar refractivity (Wildman–Crippen MR) is 137 cm³/mol. The average Bonchev–Trinajstić information content (AvgIpc) is 3.25. The van der Waals surface area contributed by atoms with Gasteiger partial charge in [0.25, 0.3) is 15.9 Å². The zero-order valence-corrected chi connectivity index (χ0v) is 22.1. The fourth-order valence-electron chi connectivity index (χ4n) is 3.09. The molecule has 0 aliphatic heterocycles. The summed E-state index contributed by atoms with van der Waals surface area (Å²) >= 11 is 6.54. The Morgan fingerprint density at radius 3 is 2.25 bits per heavy atom. The molecule has 14 heteroatoms. The lowest BCUT2D eigenvalue weighted by molar-refractivity contribution is -0.107. The van der Waals surface area contributed by atoms with Crippen molar-refractivity contribution in [1.82, 2.24) is 4.72 Å². The predicted octanol–water partition coefficient (Wildman–Crippen LogP) is 3.33. The van der Waals surface area contributed by atoms with E-state index < -0.39 is 31.8 Å². The average molecular weight is 570 g/mol. The van der Waals surface area contributed by atoms with Gasteiger partial charge < -0.3 is 15.0 Å². The molecule has 0 saturated carbocycles. The molecule has 2 aromatic carbocycles. The zero-order chi connectivity index (χ0) is 26.7. The first-order chi connectivity index (χ1) is 16.8. The highest BCUT2D eigenvalue weighted by Gasteiger charge is 2.22. The summed E-state index contributed by atoms with van der Waals surface area (Å²) in [7, 11) is -6.21. The smallest absolute Gasteiger partial charge is 0.311 e. The number of halogens is 1. The number of aldehydes is 1. The van der Waals surface area contributed by atoms with E-state index in [4.69, 9.17) is 11.6 Å². The van der Waals surface area contributed by atoms with Gasteiger partial charge in [-0.15, -0.1) is 11.3 Å². The van der Waals surface area contributed by atoms with E-state index in [9.17, 15) is 31.2 Å². The Hall–Kier alpha value is -3.26. The van der Waals surface area contributed by atoms with E-state index in [-0.39, 0.29) is 31.1 Å². The lowest BCUT2D eigenvalue weighted by atomic mass is 10.0. The highest BCUT2D eigenvalue weighted by molar-refractivity contribution is 7.92. The summed E-state index contributed by atoms with van der Waals surface area (Å²) in [6, 6.07) is 11.6. The number of carbonyl (C=O) groups excluding carboxylic acids is 3. The molecule has 0 spiro atoms. The van der Waals surface area contributed by atoms with Crippen molar-refractivity contribution in [3.8, 4) is 0 Å². The number of rotatable bonds is 8. The minimum absolute atomic E-state index is 0.0563. The summed E-state index contributed by atoms with van der Waals surface area (Å²) in [6.45, 7) is 0. The molecule has 0 fully saturated rings. The molecule has 2 N–H and O–H groups in total. The first-order valence-electron chi connectivity index (χ1n) is 10.1. The molecule has 0 aliphatic rings. The second-order valence-electron chi connectivity index (χ2n) is 7.49. The Morgan fingerprint density at radius 2 is 1.69 bits per heavy atom. The second-order valence-corrected chi connectivity index (χ2v) is 13.1. The number of nitrogens with one attached hydrogen (secondary N) is 2. The Kier molecular flexibility index (Phi) is 8.19. The quantitative estimate of drug-likeness (QED) is 0.395. The fourth-order valence-corrected chi connectivity index (χ4v) is 6.13. The maximum Gasteiger partial charge on any atom is 0.333 e. The molecule has 3 amide bonds. The van der Waals surface area contributed by atoms with Crippen molar-refractivity contribution in [2.45, 2.75) is 15.5 Å². The normalized spacial score (nSPS) is 11.5. The van der Waals surface area contributed by atoms with Gasteiger partial charge in [-0.1, -0.05) is 17.7 Å². The highest BCUT2D eigenvalue weighted by Crippen LogP contribution is 2.26. The van der Waals surface area contributed by atoms with Crippen LogP contribution in [0.2, 0.25) is 4.34 Å². The molecule has 0 aliphatic carbocycles. The second kappa shape index (κ2) is 10.8. The van der Waals surface area contributed by atoms with Gasteiger partial charge in [0.1, 0.15) is 10.5 Å². The van der Waals surface area contributed by atoms with E-state index in [1.54, 1.807) is 0 Å². The number of thiophene rings is 1. The van der Waals surface area contributed by atoms with Gasteiger partial charge in [-0.25, -0.2) is 26.4 Å². The third-order valence-electron chi connectivity index (χ3n) is 4.90. The molecule has 1 aromatic heterocycles. The summed E-state index contributed by atoms with van der Waals surface area (Å²) in [5, 5.41) is 2.39. The van der Waals surface area contributed by atoms with E-state index in [0.29, 0.717) is 17.5 Å². The topological polar surface area (TPSA) is 147 Å². The first kappa shape index (κ1) is 27.3. The molecule has 3 aromatic rings. The van der Waals surface area contributed by atoms with Gasteiger partial charge in [-0.3, -0.25) is 4.79 Å². The van der Waals surface area contributed by atoms with Crippen LogP contribution in [0, 0.1) is 0 Å². The SMILES string of the molecule is CN(C(=O)c1cc(S(C)(=O)=O)ccc1CC=O)c1ccc(NC(=O)NS(=O)(=O)c2ccc(Cl)s2)cc1. The van der Waals surface area contributed by atoms with E-state index in [2.05, 4.69) is 5.32 Å². The number of benzene rings is 2.